The summed E-state index contributed by atoms with van der Waals surface area (Å²) in [5.74, 6) is 2.43. The molecule has 2 rings (SSSR count). The standard InChI is InChI=1S/C14H27N3OS/c1-12(17-6-3-2-4-7-17)10-16-14(18)9-13-11-19-8-5-15-13/h12-13,15H,2-11H2,1H3,(H,16,18). The van der Waals surface area contributed by atoms with Crippen LogP contribution in [0, 0.1) is 0 Å². The number of carbonyl (C=O) groups is 1. The predicted octanol–water partition coefficient (Wildman–Crippen LogP) is 1.07. The van der Waals surface area contributed by atoms with Crippen LogP contribution in [0.2, 0.25) is 0 Å². The Morgan fingerprint density at radius 2 is 2.21 bits per heavy atom. The van der Waals surface area contributed by atoms with Crippen molar-refractivity contribution in [2.45, 2.75) is 44.7 Å². The molecular weight excluding hydrogens is 258 g/mol. The number of nitrogens with zero attached hydrogens (tertiary/aromatic N) is 1. The number of piperidine rings is 1. The first kappa shape index (κ1) is 15.1. The van der Waals surface area contributed by atoms with Crippen LogP contribution in [0.25, 0.3) is 0 Å². The Hall–Kier alpha value is -0.260. The second-order valence-electron chi connectivity index (χ2n) is 5.68. The lowest BCUT2D eigenvalue weighted by Gasteiger charge is -2.32. The Bertz CT molecular complexity index is 276. The summed E-state index contributed by atoms with van der Waals surface area (Å²) in [5.41, 5.74) is 0. The van der Waals surface area contributed by atoms with Gasteiger partial charge in [-0.2, -0.15) is 11.8 Å². The Kier molecular flexibility index (Phi) is 6.47. The summed E-state index contributed by atoms with van der Waals surface area (Å²) >= 11 is 1.94. The number of hydrogen-bond donors (Lipinski definition) is 2. The number of amides is 1. The van der Waals surface area contributed by atoms with E-state index in [9.17, 15) is 4.79 Å². The molecule has 110 valence electrons. The van der Waals surface area contributed by atoms with Gasteiger partial charge in [-0.15, -0.1) is 0 Å². The van der Waals surface area contributed by atoms with E-state index in [4.69, 9.17) is 0 Å². The van der Waals surface area contributed by atoms with Gasteiger partial charge in [0.25, 0.3) is 0 Å². The van der Waals surface area contributed by atoms with Gasteiger partial charge in [0.15, 0.2) is 0 Å². The third-order valence-electron chi connectivity index (χ3n) is 4.04. The zero-order valence-electron chi connectivity index (χ0n) is 12.0. The first-order valence-corrected chi connectivity index (χ1v) is 8.73. The second-order valence-corrected chi connectivity index (χ2v) is 6.83. The van der Waals surface area contributed by atoms with E-state index in [2.05, 4.69) is 22.5 Å². The van der Waals surface area contributed by atoms with Crippen LogP contribution in [0.5, 0.6) is 0 Å². The fourth-order valence-corrected chi connectivity index (χ4v) is 3.75. The number of hydrogen-bond acceptors (Lipinski definition) is 4. The van der Waals surface area contributed by atoms with Gasteiger partial charge in [0.05, 0.1) is 0 Å². The van der Waals surface area contributed by atoms with Crippen molar-refractivity contribution in [3.63, 3.8) is 0 Å². The summed E-state index contributed by atoms with van der Waals surface area (Å²) in [5, 5.41) is 6.51. The topological polar surface area (TPSA) is 44.4 Å². The average molecular weight is 285 g/mol. The molecule has 2 heterocycles. The van der Waals surface area contributed by atoms with Gasteiger partial charge in [0, 0.05) is 43.1 Å². The Morgan fingerprint density at radius 3 is 2.89 bits per heavy atom. The summed E-state index contributed by atoms with van der Waals surface area (Å²) in [6, 6.07) is 0.835. The molecule has 2 aliphatic heterocycles. The van der Waals surface area contributed by atoms with E-state index < -0.39 is 0 Å². The van der Waals surface area contributed by atoms with Crippen molar-refractivity contribution in [3.05, 3.63) is 0 Å². The lowest BCUT2D eigenvalue weighted by atomic mass is 10.1. The summed E-state index contributed by atoms with van der Waals surface area (Å²) in [4.78, 5) is 14.4. The molecule has 0 radical (unpaired) electrons. The smallest absolute Gasteiger partial charge is 0.221 e. The molecule has 4 nitrogen and oxygen atoms in total. The fraction of sp³-hybridized carbons (Fsp3) is 0.929. The van der Waals surface area contributed by atoms with E-state index in [1.807, 2.05) is 11.8 Å². The summed E-state index contributed by atoms with van der Waals surface area (Å²) in [6.45, 7) is 6.43. The van der Waals surface area contributed by atoms with Crippen molar-refractivity contribution < 1.29 is 4.79 Å². The minimum Gasteiger partial charge on any atom is -0.354 e. The third-order valence-corrected chi connectivity index (χ3v) is 5.17. The SMILES string of the molecule is CC(CNC(=O)CC1CSCCN1)N1CCCCC1. The van der Waals surface area contributed by atoms with Crippen molar-refractivity contribution in [3.8, 4) is 0 Å². The van der Waals surface area contributed by atoms with Gasteiger partial charge in [-0.05, 0) is 32.9 Å². The molecule has 1 amide bonds. The second kappa shape index (κ2) is 8.12. The van der Waals surface area contributed by atoms with E-state index in [0.717, 1.165) is 18.8 Å². The predicted molar refractivity (Wildman–Crippen MR) is 81.6 cm³/mol. The number of carbonyl (C=O) groups excluding carboxylic acids is 1. The number of likely N-dealkylation sites (tertiary alicyclic amines) is 1. The number of thioether (sulfide) groups is 1. The lowest BCUT2D eigenvalue weighted by molar-refractivity contribution is -0.121. The van der Waals surface area contributed by atoms with E-state index in [-0.39, 0.29) is 5.91 Å². The highest BCUT2D eigenvalue weighted by Crippen LogP contribution is 2.12. The largest absolute Gasteiger partial charge is 0.354 e. The molecule has 0 aromatic rings. The molecule has 2 fully saturated rings. The van der Waals surface area contributed by atoms with Gasteiger partial charge < -0.3 is 10.6 Å². The molecule has 0 aliphatic carbocycles. The minimum atomic E-state index is 0.198. The highest BCUT2D eigenvalue weighted by molar-refractivity contribution is 7.99. The maximum absolute atomic E-state index is 11.9. The van der Waals surface area contributed by atoms with Gasteiger partial charge in [-0.3, -0.25) is 9.69 Å². The van der Waals surface area contributed by atoms with Crippen LogP contribution >= 0.6 is 11.8 Å². The van der Waals surface area contributed by atoms with Crippen molar-refractivity contribution in [1.82, 2.24) is 15.5 Å². The molecule has 5 heteroatoms. The lowest BCUT2D eigenvalue weighted by Crippen LogP contribution is -2.46. The van der Waals surface area contributed by atoms with E-state index in [1.165, 1.54) is 38.1 Å². The summed E-state index contributed by atoms with van der Waals surface area (Å²) in [7, 11) is 0. The van der Waals surface area contributed by atoms with E-state index >= 15 is 0 Å². The number of nitrogens with one attached hydrogen (secondary N) is 2. The van der Waals surface area contributed by atoms with Gasteiger partial charge in [0.2, 0.25) is 5.91 Å². The summed E-state index contributed by atoms with van der Waals surface area (Å²) in [6.07, 6.45) is 4.60. The number of rotatable bonds is 5. The van der Waals surface area contributed by atoms with Gasteiger partial charge >= 0.3 is 0 Å². The zero-order valence-corrected chi connectivity index (χ0v) is 12.8. The Labute approximate surface area is 121 Å². The normalized spacial score (nSPS) is 26.9. The third kappa shape index (κ3) is 5.32. The maximum atomic E-state index is 11.9. The monoisotopic (exact) mass is 285 g/mol. The molecule has 2 unspecified atom stereocenters. The molecule has 0 spiro atoms. The van der Waals surface area contributed by atoms with Crippen molar-refractivity contribution in [2.75, 3.05) is 37.7 Å². The first-order chi connectivity index (χ1) is 9.25. The van der Waals surface area contributed by atoms with Crippen LogP contribution in [-0.4, -0.2) is 60.6 Å². The molecule has 0 aromatic carbocycles. The molecular formula is C14H27N3OS. The molecule has 0 aromatic heterocycles. The minimum absolute atomic E-state index is 0.198. The fourth-order valence-electron chi connectivity index (χ4n) is 2.80. The average Bonchev–Trinajstić information content (AvgIpc) is 2.47. The summed E-state index contributed by atoms with van der Waals surface area (Å²) < 4.78 is 0. The van der Waals surface area contributed by atoms with Crippen molar-refractivity contribution >= 4 is 17.7 Å². The van der Waals surface area contributed by atoms with Crippen LogP contribution in [0.15, 0.2) is 0 Å². The van der Waals surface area contributed by atoms with Crippen LogP contribution in [0.1, 0.15) is 32.6 Å². The first-order valence-electron chi connectivity index (χ1n) is 7.57. The molecule has 2 saturated heterocycles. The van der Waals surface area contributed by atoms with Gasteiger partial charge in [-0.1, -0.05) is 6.42 Å². The highest BCUT2D eigenvalue weighted by Gasteiger charge is 2.19. The van der Waals surface area contributed by atoms with Gasteiger partial charge in [-0.25, -0.2) is 0 Å². The van der Waals surface area contributed by atoms with Crippen LogP contribution < -0.4 is 10.6 Å². The molecule has 0 bridgehead atoms. The Balaban J connectivity index is 1.61. The molecule has 0 saturated carbocycles. The van der Waals surface area contributed by atoms with E-state index in [0.29, 0.717) is 18.5 Å². The highest BCUT2D eigenvalue weighted by atomic mass is 32.2. The van der Waals surface area contributed by atoms with Crippen LogP contribution in [-0.2, 0) is 4.79 Å². The zero-order chi connectivity index (χ0) is 13.5. The molecule has 2 atom stereocenters. The molecule has 2 aliphatic rings. The van der Waals surface area contributed by atoms with Crippen LogP contribution in [0.3, 0.4) is 0 Å². The van der Waals surface area contributed by atoms with Crippen molar-refractivity contribution in [1.29, 1.82) is 0 Å². The van der Waals surface area contributed by atoms with Crippen LogP contribution in [0.4, 0.5) is 0 Å². The van der Waals surface area contributed by atoms with Crippen molar-refractivity contribution in [2.24, 2.45) is 0 Å². The van der Waals surface area contributed by atoms with Gasteiger partial charge in [0.1, 0.15) is 0 Å². The molecule has 2 N–H and O–H groups in total. The maximum Gasteiger partial charge on any atom is 0.221 e. The Morgan fingerprint density at radius 1 is 1.42 bits per heavy atom. The van der Waals surface area contributed by atoms with E-state index in [1.54, 1.807) is 0 Å². The molecule has 19 heavy (non-hydrogen) atoms. The quantitative estimate of drug-likeness (QED) is 0.793.